The van der Waals surface area contributed by atoms with Crippen molar-refractivity contribution in [3.8, 4) is 0 Å². The third kappa shape index (κ3) is 5.44. The van der Waals surface area contributed by atoms with Crippen molar-refractivity contribution in [2.45, 2.75) is 19.9 Å². The number of morpholine rings is 1. The normalized spacial score (nSPS) is 14.2. The van der Waals surface area contributed by atoms with E-state index >= 15 is 0 Å². The van der Waals surface area contributed by atoms with Gasteiger partial charge in [0.15, 0.2) is 17.5 Å². The highest BCUT2D eigenvalue weighted by Crippen LogP contribution is 2.20. The molecule has 3 aromatic rings. The number of halogens is 1. The highest BCUT2D eigenvalue weighted by molar-refractivity contribution is 5.83. The summed E-state index contributed by atoms with van der Waals surface area (Å²) in [4.78, 5) is 14.9. The monoisotopic (exact) mass is 419 g/mol. The topological polar surface area (TPSA) is 62.6 Å². The lowest BCUT2D eigenvalue weighted by molar-refractivity contribution is 0.122. The summed E-state index contributed by atoms with van der Waals surface area (Å²) in [6.07, 6.45) is 3.95. The Hall–Kier alpha value is -3.32. The van der Waals surface area contributed by atoms with E-state index in [9.17, 15) is 4.39 Å². The van der Waals surface area contributed by atoms with E-state index in [2.05, 4.69) is 39.3 Å². The van der Waals surface area contributed by atoms with Gasteiger partial charge < -0.3 is 15.0 Å². The lowest BCUT2D eigenvalue weighted by atomic mass is 10.0. The van der Waals surface area contributed by atoms with Crippen LogP contribution in [0.4, 0.5) is 21.6 Å². The Kier molecular flexibility index (Phi) is 6.84. The van der Waals surface area contributed by atoms with Crippen molar-refractivity contribution >= 4 is 23.4 Å². The zero-order valence-electron chi connectivity index (χ0n) is 17.6. The highest BCUT2D eigenvalue weighted by atomic mass is 19.1. The number of hydrogen-bond acceptors (Lipinski definition) is 6. The molecule has 0 bridgehead atoms. The molecular weight excluding hydrogens is 393 g/mol. The van der Waals surface area contributed by atoms with Gasteiger partial charge in [-0.25, -0.2) is 14.4 Å². The molecule has 1 N–H and O–H groups in total. The van der Waals surface area contributed by atoms with Crippen LogP contribution < -0.4 is 10.2 Å². The third-order valence-corrected chi connectivity index (χ3v) is 5.14. The SMILES string of the molecule is CCc1cc(Nc2ccccc2)ccc1C=NCc1ncc(F)c(N2CCOCC2)n1. The van der Waals surface area contributed by atoms with Crippen molar-refractivity contribution in [1.29, 1.82) is 0 Å². The molecule has 7 heteroatoms. The maximum atomic E-state index is 14.2. The van der Waals surface area contributed by atoms with Crippen molar-refractivity contribution in [2.24, 2.45) is 4.99 Å². The molecule has 0 radical (unpaired) electrons. The molecule has 4 rings (SSSR count). The fourth-order valence-electron chi connectivity index (χ4n) is 3.50. The second-order valence-corrected chi connectivity index (χ2v) is 7.29. The van der Waals surface area contributed by atoms with E-state index in [0.29, 0.717) is 44.5 Å². The minimum Gasteiger partial charge on any atom is -0.378 e. The Morgan fingerprint density at radius 2 is 1.94 bits per heavy atom. The number of rotatable bonds is 7. The number of anilines is 3. The van der Waals surface area contributed by atoms with Crippen LogP contribution in [0.5, 0.6) is 0 Å². The van der Waals surface area contributed by atoms with Gasteiger partial charge in [-0.3, -0.25) is 4.99 Å². The van der Waals surface area contributed by atoms with E-state index in [1.165, 1.54) is 11.8 Å². The van der Waals surface area contributed by atoms with Gasteiger partial charge in [0.2, 0.25) is 0 Å². The van der Waals surface area contributed by atoms with Crippen LogP contribution in [0.2, 0.25) is 0 Å². The third-order valence-electron chi connectivity index (χ3n) is 5.14. The van der Waals surface area contributed by atoms with Crippen LogP contribution in [0.1, 0.15) is 23.9 Å². The van der Waals surface area contributed by atoms with E-state index in [-0.39, 0.29) is 0 Å². The molecule has 160 valence electrons. The lowest BCUT2D eigenvalue weighted by Gasteiger charge is -2.28. The summed E-state index contributed by atoms with van der Waals surface area (Å²) in [7, 11) is 0. The number of aliphatic imine (C=N–C) groups is 1. The summed E-state index contributed by atoms with van der Waals surface area (Å²) < 4.78 is 19.5. The number of aryl methyl sites for hydroxylation is 1. The number of hydrogen-bond donors (Lipinski definition) is 1. The molecule has 1 fully saturated rings. The smallest absolute Gasteiger partial charge is 0.183 e. The van der Waals surface area contributed by atoms with E-state index in [1.807, 2.05) is 47.5 Å². The summed E-state index contributed by atoms with van der Waals surface area (Å²) >= 11 is 0. The molecule has 6 nitrogen and oxygen atoms in total. The molecule has 0 spiro atoms. The molecule has 0 saturated carbocycles. The van der Waals surface area contributed by atoms with Crippen LogP contribution in [-0.4, -0.2) is 42.5 Å². The van der Waals surface area contributed by atoms with Crippen molar-refractivity contribution < 1.29 is 9.13 Å². The van der Waals surface area contributed by atoms with E-state index in [4.69, 9.17) is 4.74 Å². The number of ether oxygens (including phenoxy) is 1. The van der Waals surface area contributed by atoms with Crippen molar-refractivity contribution in [1.82, 2.24) is 9.97 Å². The predicted molar refractivity (Wildman–Crippen MR) is 122 cm³/mol. The molecule has 1 aliphatic heterocycles. The second kappa shape index (κ2) is 10.1. The van der Waals surface area contributed by atoms with Gasteiger partial charge in [0.25, 0.3) is 0 Å². The van der Waals surface area contributed by atoms with Crippen molar-refractivity contribution in [3.05, 3.63) is 77.5 Å². The van der Waals surface area contributed by atoms with E-state index in [0.717, 1.165) is 23.4 Å². The summed E-state index contributed by atoms with van der Waals surface area (Å²) in [5.74, 6) is 0.415. The maximum Gasteiger partial charge on any atom is 0.183 e. The number of nitrogens with one attached hydrogen (secondary N) is 1. The van der Waals surface area contributed by atoms with E-state index in [1.54, 1.807) is 0 Å². The van der Waals surface area contributed by atoms with Crippen LogP contribution in [0.3, 0.4) is 0 Å². The van der Waals surface area contributed by atoms with Gasteiger partial charge in [0.05, 0.1) is 26.0 Å². The first-order valence-electron chi connectivity index (χ1n) is 10.5. The lowest BCUT2D eigenvalue weighted by Crippen LogP contribution is -2.37. The number of aromatic nitrogens is 2. The molecule has 1 aliphatic rings. The average Bonchev–Trinajstić information content (AvgIpc) is 2.82. The zero-order chi connectivity index (χ0) is 21.5. The first-order chi connectivity index (χ1) is 15.2. The number of nitrogens with zero attached hydrogens (tertiary/aromatic N) is 4. The van der Waals surface area contributed by atoms with Gasteiger partial charge >= 0.3 is 0 Å². The Balaban J connectivity index is 1.45. The van der Waals surface area contributed by atoms with Gasteiger partial charge in [0.1, 0.15) is 0 Å². The molecule has 31 heavy (non-hydrogen) atoms. The Labute approximate surface area is 181 Å². The van der Waals surface area contributed by atoms with Crippen molar-refractivity contribution in [3.63, 3.8) is 0 Å². The summed E-state index contributed by atoms with van der Waals surface area (Å²) in [5, 5.41) is 3.42. The zero-order valence-corrected chi connectivity index (χ0v) is 17.6. The first kappa shape index (κ1) is 20.9. The average molecular weight is 420 g/mol. The minimum absolute atomic E-state index is 0.296. The van der Waals surface area contributed by atoms with Crippen LogP contribution in [-0.2, 0) is 17.7 Å². The standard InChI is InChI=1S/C24H26FN5O/c1-2-18-14-21(28-20-6-4-3-5-7-20)9-8-19(18)15-26-17-23-27-16-22(25)24(29-23)30-10-12-31-13-11-30/h3-9,14-16,28H,2,10-13,17H2,1H3. The quantitative estimate of drug-likeness (QED) is 0.576. The molecule has 2 heterocycles. The molecule has 0 atom stereocenters. The maximum absolute atomic E-state index is 14.2. The fourth-order valence-corrected chi connectivity index (χ4v) is 3.50. The van der Waals surface area contributed by atoms with Crippen LogP contribution >= 0.6 is 0 Å². The van der Waals surface area contributed by atoms with Crippen LogP contribution in [0.25, 0.3) is 0 Å². The number of benzene rings is 2. The summed E-state index contributed by atoms with van der Waals surface area (Å²) in [6, 6.07) is 16.3. The largest absolute Gasteiger partial charge is 0.378 e. The van der Waals surface area contributed by atoms with Gasteiger partial charge in [-0.1, -0.05) is 31.2 Å². The molecule has 0 aliphatic carbocycles. The molecule has 0 amide bonds. The molecule has 2 aromatic carbocycles. The second-order valence-electron chi connectivity index (χ2n) is 7.29. The highest BCUT2D eigenvalue weighted by Gasteiger charge is 2.17. The van der Waals surface area contributed by atoms with Gasteiger partial charge in [-0.2, -0.15) is 0 Å². The molecule has 0 unspecified atom stereocenters. The van der Waals surface area contributed by atoms with Crippen molar-refractivity contribution in [2.75, 3.05) is 36.5 Å². The predicted octanol–water partition coefficient (Wildman–Crippen LogP) is 4.38. The Morgan fingerprint density at radius 1 is 1.13 bits per heavy atom. The minimum atomic E-state index is -0.413. The van der Waals surface area contributed by atoms with E-state index < -0.39 is 5.82 Å². The molecule has 1 saturated heterocycles. The molecule has 1 aromatic heterocycles. The molecular formula is C24H26FN5O. The van der Waals surface area contributed by atoms with Gasteiger partial charge in [-0.15, -0.1) is 0 Å². The van der Waals surface area contributed by atoms with Gasteiger partial charge in [0, 0.05) is 30.7 Å². The summed E-state index contributed by atoms with van der Waals surface area (Å²) in [6.45, 7) is 4.82. The summed E-state index contributed by atoms with van der Waals surface area (Å²) in [5.41, 5.74) is 4.34. The van der Waals surface area contributed by atoms with Gasteiger partial charge in [-0.05, 0) is 41.8 Å². The fraction of sp³-hybridized carbons (Fsp3) is 0.292. The van der Waals surface area contributed by atoms with Crippen LogP contribution in [0.15, 0.2) is 59.7 Å². The first-order valence-corrected chi connectivity index (χ1v) is 10.5. The number of para-hydroxylation sites is 1. The Morgan fingerprint density at radius 3 is 2.71 bits per heavy atom. The van der Waals surface area contributed by atoms with Crippen LogP contribution in [0, 0.1) is 5.82 Å². The Bertz CT molecular complexity index is 1040.